The second-order valence-corrected chi connectivity index (χ2v) is 4.44. The highest BCUT2D eigenvalue weighted by atomic mass is 16.2. The van der Waals surface area contributed by atoms with E-state index in [9.17, 15) is 4.79 Å². The Bertz CT molecular complexity index is 381. The number of hydrogen-bond donors (Lipinski definition) is 1. The normalized spacial score (nSPS) is 15.6. The van der Waals surface area contributed by atoms with Crippen LogP contribution in [0.1, 0.15) is 30.8 Å². The van der Waals surface area contributed by atoms with Crippen molar-refractivity contribution < 1.29 is 4.79 Å². The predicted molar refractivity (Wildman–Crippen MR) is 57.3 cm³/mol. The third kappa shape index (κ3) is 1.76. The van der Waals surface area contributed by atoms with Crippen LogP contribution in [0.15, 0.2) is 0 Å². The highest BCUT2D eigenvalue weighted by Crippen LogP contribution is 2.20. The standard InChI is InChI=1S/C11H17N3O/c1-7(2)11(15)14-5-4-10-9(6-14)8(3)12-13-10/h7H,4-6H2,1-3H3,(H,12,13). The van der Waals surface area contributed by atoms with Gasteiger partial charge in [0.2, 0.25) is 5.91 Å². The van der Waals surface area contributed by atoms with E-state index in [2.05, 4.69) is 10.2 Å². The molecule has 0 fully saturated rings. The molecule has 4 nitrogen and oxygen atoms in total. The third-order valence-corrected chi connectivity index (χ3v) is 2.93. The maximum Gasteiger partial charge on any atom is 0.225 e. The molecule has 2 rings (SSSR count). The summed E-state index contributed by atoms with van der Waals surface area (Å²) >= 11 is 0. The minimum absolute atomic E-state index is 0.0822. The van der Waals surface area contributed by atoms with Crippen LogP contribution in [0.5, 0.6) is 0 Å². The SMILES string of the molecule is Cc1[nH]nc2c1CN(C(=O)C(C)C)CC2. The van der Waals surface area contributed by atoms with Gasteiger partial charge in [0, 0.05) is 36.7 Å². The van der Waals surface area contributed by atoms with E-state index in [1.165, 1.54) is 5.56 Å². The van der Waals surface area contributed by atoms with Crippen LogP contribution < -0.4 is 0 Å². The van der Waals surface area contributed by atoms with Gasteiger partial charge in [0.15, 0.2) is 0 Å². The molecule has 1 amide bonds. The van der Waals surface area contributed by atoms with Crippen molar-refractivity contribution in [2.45, 2.75) is 33.7 Å². The van der Waals surface area contributed by atoms with Gasteiger partial charge in [-0.2, -0.15) is 5.10 Å². The van der Waals surface area contributed by atoms with E-state index >= 15 is 0 Å². The number of aromatic nitrogens is 2. The van der Waals surface area contributed by atoms with Gasteiger partial charge >= 0.3 is 0 Å². The number of rotatable bonds is 1. The lowest BCUT2D eigenvalue weighted by atomic mass is 10.0. The van der Waals surface area contributed by atoms with Crippen LogP contribution >= 0.6 is 0 Å². The lowest BCUT2D eigenvalue weighted by molar-refractivity contribution is -0.135. The Kier molecular flexibility index (Phi) is 2.50. The molecule has 0 saturated carbocycles. The maximum atomic E-state index is 11.8. The lowest BCUT2D eigenvalue weighted by Gasteiger charge is -2.28. The van der Waals surface area contributed by atoms with Crippen LogP contribution in [0, 0.1) is 12.8 Å². The van der Waals surface area contributed by atoms with Crippen molar-refractivity contribution in [3.63, 3.8) is 0 Å². The minimum atomic E-state index is 0.0822. The number of amides is 1. The van der Waals surface area contributed by atoms with Crippen LogP contribution in [0.4, 0.5) is 0 Å². The molecule has 0 saturated heterocycles. The molecule has 2 heterocycles. The molecule has 4 heteroatoms. The molecule has 1 aromatic heterocycles. The summed E-state index contributed by atoms with van der Waals surface area (Å²) in [5.74, 6) is 0.319. The summed E-state index contributed by atoms with van der Waals surface area (Å²) in [6.07, 6.45) is 0.873. The molecule has 1 aliphatic heterocycles. The fourth-order valence-electron chi connectivity index (χ4n) is 1.98. The average Bonchev–Trinajstić information content (AvgIpc) is 2.59. The fraction of sp³-hybridized carbons (Fsp3) is 0.636. The van der Waals surface area contributed by atoms with E-state index in [1.54, 1.807) is 0 Å². The largest absolute Gasteiger partial charge is 0.338 e. The van der Waals surface area contributed by atoms with Gasteiger partial charge in [0.05, 0.1) is 5.69 Å². The van der Waals surface area contributed by atoms with E-state index in [0.29, 0.717) is 6.54 Å². The van der Waals surface area contributed by atoms with Gasteiger partial charge in [0.25, 0.3) is 0 Å². The monoisotopic (exact) mass is 207 g/mol. The Labute approximate surface area is 89.7 Å². The molecule has 1 aromatic rings. The van der Waals surface area contributed by atoms with Crippen molar-refractivity contribution in [1.82, 2.24) is 15.1 Å². The first kappa shape index (κ1) is 10.2. The summed E-state index contributed by atoms with van der Waals surface area (Å²) in [5, 5.41) is 7.21. The van der Waals surface area contributed by atoms with Crippen molar-refractivity contribution in [3.8, 4) is 0 Å². The van der Waals surface area contributed by atoms with Crippen molar-refractivity contribution in [2.24, 2.45) is 5.92 Å². The Morgan fingerprint density at radius 2 is 2.27 bits per heavy atom. The van der Waals surface area contributed by atoms with Gasteiger partial charge in [0.1, 0.15) is 0 Å². The maximum absolute atomic E-state index is 11.8. The molecule has 0 atom stereocenters. The van der Waals surface area contributed by atoms with E-state index in [4.69, 9.17) is 0 Å². The Morgan fingerprint density at radius 1 is 1.53 bits per heavy atom. The van der Waals surface area contributed by atoms with E-state index in [-0.39, 0.29) is 11.8 Å². The predicted octanol–water partition coefficient (Wildman–Crippen LogP) is 1.26. The molecule has 0 radical (unpaired) electrons. The van der Waals surface area contributed by atoms with Gasteiger partial charge in [-0.25, -0.2) is 0 Å². The van der Waals surface area contributed by atoms with Gasteiger partial charge in [-0.15, -0.1) is 0 Å². The third-order valence-electron chi connectivity index (χ3n) is 2.93. The smallest absolute Gasteiger partial charge is 0.225 e. The van der Waals surface area contributed by atoms with Crippen molar-refractivity contribution in [2.75, 3.05) is 6.54 Å². The van der Waals surface area contributed by atoms with Crippen LogP contribution in [0.2, 0.25) is 0 Å². The summed E-state index contributed by atoms with van der Waals surface area (Å²) in [6, 6.07) is 0. The van der Waals surface area contributed by atoms with E-state index in [1.807, 2.05) is 25.7 Å². The van der Waals surface area contributed by atoms with E-state index < -0.39 is 0 Å². The number of aromatic amines is 1. The van der Waals surface area contributed by atoms with Crippen LogP contribution in [0.25, 0.3) is 0 Å². The van der Waals surface area contributed by atoms with Gasteiger partial charge in [-0.05, 0) is 6.92 Å². The average molecular weight is 207 g/mol. The summed E-state index contributed by atoms with van der Waals surface area (Å²) in [7, 11) is 0. The van der Waals surface area contributed by atoms with Crippen molar-refractivity contribution in [1.29, 1.82) is 0 Å². The molecule has 0 aliphatic carbocycles. The topological polar surface area (TPSA) is 49.0 Å². The number of carbonyl (C=O) groups excluding carboxylic acids is 1. The highest BCUT2D eigenvalue weighted by molar-refractivity contribution is 5.78. The quantitative estimate of drug-likeness (QED) is 0.753. The number of carbonyl (C=O) groups is 1. The summed E-state index contributed by atoms with van der Waals surface area (Å²) in [4.78, 5) is 13.8. The number of hydrogen-bond acceptors (Lipinski definition) is 2. The van der Waals surface area contributed by atoms with Crippen LogP contribution in [0.3, 0.4) is 0 Å². The van der Waals surface area contributed by atoms with Gasteiger partial charge in [-0.3, -0.25) is 9.89 Å². The highest BCUT2D eigenvalue weighted by Gasteiger charge is 2.25. The fourth-order valence-corrected chi connectivity index (χ4v) is 1.98. The summed E-state index contributed by atoms with van der Waals surface area (Å²) in [6.45, 7) is 7.42. The zero-order valence-corrected chi connectivity index (χ0v) is 9.50. The number of H-pyrrole nitrogens is 1. The molecule has 0 spiro atoms. The number of nitrogens with zero attached hydrogens (tertiary/aromatic N) is 2. The lowest BCUT2D eigenvalue weighted by Crippen LogP contribution is -2.38. The molecule has 1 aliphatic rings. The zero-order chi connectivity index (χ0) is 11.0. The summed E-state index contributed by atoms with van der Waals surface area (Å²) in [5.41, 5.74) is 3.42. The second-order valence-electron chi connectivity index (χ2n) is 4.44. The number of aryl methyl sites for hydroxylation is 1. The first-order valence-corrected chi connectivity index (χ1v) is 5.41. The zero-order valence-electron chi connectivity index (χ0n) is 9.50. The molecule has 0 bridgehead atoms. The van der Waals surface area contributed by atoms with Crippen LogP contribution in [-0.4, -0.2) is 27.5 Å². The molecule has 0 unspecified atom stereocenters. The molecule has 15 heavy (non-hydrogen) atoms. The number of nitrogens with one attached hydrogen (secondary N) is 1. The summed E-state index contributed by atoms with van der Waals surface area (Å²) < 4.78 is 0. The van der Waals surface area contributed by atoms with Crippen molar-refractivity contribution in [3.05, 3.63) is 17.0 Å². The molecular weight excluding hydrogens is 190 g/mol. The van der Waals surface area contributed by atoms with E-state index in [0.717, 1.165) is 24.4 Å². The second kappa shape index (κ2) is 3.68. The Balaban J connectivity index is 2.18. The Morgan fingerprint density at radius 3 is 2.93 bits per heavy atom. The minimum Gasteiger partial charge on any atom is -0.338 e. The molecule has 0 aromatic carbocycles. The molecule has 82 valence electrons. The van der Waals surface area contributed by atoms with Crippen molar-refractivity contribution >= 4 is 5.91 Å². The molecular formula is C11H17N3O. The Hall–Kier alpha value is -1.32. The number of fused-ring (bicyclic) bond motifs is 1. The first-order valence-electron chi connectivity index (χ1n) is 5.41. The van der Waals surface area contributed by atoms with Gasteiger partial charge < -0.3 is 4.90 Å². The van der Waals surface area contributed by atoms with Crippen LogP contribution in [-0.2, 0) is 17.8 Å². The molecule has 1 N–H and O–H groups in total. The van der Waals surface area contributed by atoms with Gasteiger partial charge in [-0.1, -0.05) is 13.8 Å². The first-order chi connectivity index (χ1) is 7.09.